The van der Waals surface area contributed by atoms with Gasteiger partial charge in [-0.05, 0) is 37.0 Å². The molecule has 1 aliphatic carbocycles. The largest absolute Gasteiger partial charge is 0.481 e. The van der Waals surface area contributed by atoms with Crippen LogP contribution < -0.4 is 5.32 Å². The van der Waals surface area contributed by atoms with Gasteiger partial charge in [0.15, 0.2) is 5.69 Å². The third kappa shape index (κ3) is 3.52. The standard InChI is InChI=1S/C16H16N2O4/c19-15(20)8-3-10-1-6-12(7-2-10)17-16(21)13-9-14(22-18-13)11-4-5-11/h1-2,6-7,9,11H,3-5,8H2,(H,17,21)(H,19,20). The molecule has 1 saturated carbocycles. The fraction of sp³-hybridized carbons (Fsp3) is 0.312. The number of hydrogen-bond acceptors (Lipinski definition) is 4. The summed E-state index contributed by atoms with van der Waals surface area (Å²) in [4.78, 5) is 22.6. The molecule has 1 amide bonds. The maximum Gasteiger partial charge on any atom is 0.303 e. The van der Waals surface area contributed by atoms with E-state index < -0.39 is 5.97 Å². The van der Waals surface area contributed by atoms with Crippen molar-refractivity contribution in [2.45, 2.75) is 31.6 Å². The Hall–Kier alpha value is -2.63. The molecule has 2 N–H and O–H groups in total. The lowest BCUT2D eigenvalue weighted by Crippen LogP contribution is -2.12. The minimum Gasteiger partial charge on any atom is -0.481 e. The van der Waals surface area contributed by atoms with Gasteiger partial charge in [0.05, 0.1) is 0 Å². The molecule has 6 nitrogen and oxygen atoms in total. The second-order valence-electron chi connectivity index (χ2n) is 5.43. The third-order valence-electron chi connectivity index (χ3n) is 3.58. The van der Waals surface area contributed by atoms with E-state index in [9.17, 15) is 9.59 Å². The Labute approximate surface area is 127 Å². The van der Waals surface area contributed by atoms with Crippen molar-refractivity contribution in [3.05, 3.63) is 47.3 Å². The second-order valence-corrected chi connectivity index (χ2v) is 5.43. The number of rotatable bonds is 6. The number of hydrogen-bond donors (Lipinski definition) is 2. The Morgan fingerprint density at radius 3 is 2.64 bits per heavy atom. The third-order valence-corrected chi connectivity index (χ3v) is 3.58. The highest BCUT2D eigenvalue weighted by Crippen LogP contribution is 2.40. The molecular formula is C16H16N2O4. The molecule has 1 fully saturated rings. The number of anilines is 1. The highest BCUT2D eigenvalue weighted by molar-refractivity contribution is 6.02. The summed E-state index contributed by atoms with van der Waals surface area (Å²) < 4.78 is 5.15. The molecule has 22 heavy (non-hydrogen) atoms. The number of aliphatic carboxylic acids is 1. The van der Waals surface area contributed by atoms with E-state index in [1.807, 2.05) is 0 Å². The molecule has 1 aliphatic rings. The zero-order valence-electron chi connectivity index (χ0n) is 11.9. The van der Waals surface area contributed by atoms with E-state index in [1.165, 1.54) is 0 Å². The van der Waals surface area contributed by atoms with Gasteiger partial charge in [-0.1, -0.05) is 17.3 Å². The van der Waals surface area contributed by atoms with Crippen molar-refractivity contribution in [1.82, 2.24) is 5.16 Å². The van der Waals surface area contributed by atoms with Crippen molar-refractivity contribution in [1.29, 1.82) is 0 Å². The van der Waals surface area contributed by atoms with Crippen molar-refractivity contribution in [3.63, 3.8) is 0 Å². The van der Waals surface area contributed by atoms with E-state index in [4.69, 9.17) is 9.63 Å². The summed E-state index contributed by atoms with van der Waals surface area (Å²) in [6.45, 7) is 0. The van der Waals surface area contributed by atoms with Crippen LogP contribution in [-0.4, -0.2) is 22.1 Å². The molecule has 0 unspecified atom stereocenters. The highest BCUT2D eigenvalue weighted by Gasteiger charge is 2.28. The number of aryl methyl sites for hydroxylation is 1. The molecule has 2 aromatic rings. The number of carbonyl (C=O) groups excluding carboxylic acids is 1. The predicted octanol–water partition coefficient (Wildman–Crippen LogP) is 2.82. The van der Waals surface area contributed by atoms with Crippen molar-refractivity contribution >= 4 is 17.6 Å². The van der Waals surface area contributed by atoms with Gasteiger partial charge in [-0.15, -0.1) is 0 Å². The normalized spacial score (nSPS) is 13.8. The molecule has 0 saturated heterocycles. The number of carbonyl (C=O) groups is 2. The highest BCUT2D eigenvalue weighted by atomic mass is 16.5. The Bertz CT molecular complexity index is 686. The number of carboxylic acids is 1. The van der Waals surface area contributed by atoms with E-state index in [0.29, 0.717) is 18.0 Å². The van der Waals surface area contributed by atoms with Crippen molar-refractivity contribution in [2.24, 2.45) is 0 Å². The van der Waals surface area contributed by atoms with Crippen LogP contribution in [0, 0.1) is 0 Å². The van der Waals surface area contributed by atoms with Crippen LogP contribution in [0.15, 0.2) is 34.9 Å². The van der Waals surface area contributed by atoms with Crippen LogP contribution in [0.25, 0.3) is 0 Å². The summed E-state index contributed by atoms with van der Waals surface area (Å²) in [5, 5.41) is 15.2. The maximum atomic E-state index is 12.1. The Balaban J connectivity index is 1.59. The van der Waals surface area contributed by atoms with Gasteiger partial charge in [-0.2, -0.15) is 0 Å². The van der Waals surface area contributed by atoms with Crippen LogP contribution >= 0.6 is 0 Å². The molecule has 0 bridgehead atoms. The van der Waals surface area contributed by atoms with E-state index in [-0.39, 0.29) is 18.0 Å². The summed E-state index contributed by atoms with van der Waals surface area (Å²) >= 11 is 0. The second kappa shape index (κ2) is 6.01. The van der Waals surface area contributed by atoms with Gasteiger partial charge in [-0.3, -0.25) is 9.59 Å². The first-order valence-electron chi connectivity index (χ1n) is 7.20. The van der Waals surface area contributed by atoms with Gasteiger partial charge >= 0.3 is 5.97 Å². The summed E-state index contributed by atoms with van der Waals surface area (Å²) in [6, 6.07) is 8.79. The number of carboxylic acid groups (broad SMARTS) is 1. The molecule has 1 heterocycles. The van der Waals surface area contributed by atoms with Crippen LogP contribution in [0.4, 0.5) is 5.69 Å². The summed E-state index contributed by atoms with van der Waals surface area (Å²) in [6.07, 6.45) is 2.74. The monoisotopic (exact) mass is 300 g/mol. The number of nitrogens with zero attached hydrogens (tertiary/aromatic N) is 1. The van der Waals surface area contributed by atoms with E-state index in [0.717, 1.165) is 24.2 Å². The molecular weight excluding hydrogens is 284 g/mol. The zero-order chi connectivity index (χ0) is 15.5. The van der Waals surface area contributed by atoms with Crippen molar-refractivity contribution in [3.8, 4) is 0 Å². The fourth-order valence-electron chi connectivity index (χ4n) is 2.16. The summed E-state index contributed by atoms with van der Waals surface area (Å²) in [5.41, 5.74) is 1.83. The first-order valence-corrected chi connectivity index (χ1v) is 7.20. The maximum absolute atomic E-state index is 12.1. The Morgan fingerprint density at radius 2 is 2.00 bits per heavy atom. The molecule has 1 aromatic heterocycles. The van der Waals surface area contributed by atoms with Crippen LogP contribution in [-0.2, 0) is 11.2 Å². The first-order chi connectivity index (χ1) is 10.6. The minimum atomic E-state index is -0.824. The SMILES string of the molecule is O=C(O)CCc1ccc(NC(=O)c2cc(C3CC3)on2)cc1. The summed E-state index contributed by atoms with van der Waals surface area (Å²) in [7, 11) is 0. The molecule has 1 aromatic carbocycles. The van der Waals surface area contributed by atoms with Gasteiger partial charge in [-0.25, -0.2) is 0 Å². The molecule has 0 spiro atoms. The molecule has 0 radical (unpaired) electrons. The average Bonchev–Trinajstić information content (AvgIpc) is 3.23. The van der Waals surface area contributed by atoms with Gasteiger partial charge in [0, 0.05) is 24.1 Å². The summed E-state index contributed by atoms with van der Waals surface area (Å²) in [5.74, 6) is 0.0561. The molecule has 6 heteroatoms. The lowest BCUT2D eigenvalue weighted by molar-refractivity contribution is -0.136. The Morgan fingerprint density at radius 1 is 1.27 bits per heavy atom. The van der Waals surface area contributed by atoms with Crippen molar-refractivity contribution in [2.75, 3.05) is 5.32 Å². The van der Waals surface area contributed by atoms with Crippen LogP contribution in [0.5, 0.6) is 0 Å². The molecule has 0 aliphatic heterocycles. The van der Waals surface area contributed by atoms with E-state index >= 15 is 0 Å². The topological polar surface area (TPSA) is 92.4 Å². The first kappa shape index (κ1) is 14.3. The van der Waals surface area contributed by atoms with Gasteiger partial charge in [0.1, 0.15) is 5.76 Å². The number of amides is 1. The molecule has 3 rings (SSSR count). The van der Waals surface area contributed by atoms with Crippen LogP contribution in [0.1, 0.15) is 47.0 Å². The fourth-order valence-corrected chi connectivity index (χ4v) is 2.16. The quantitative estimate of drug-likeness (QED) is 0.855. The van der Waals surface area contributed by atoms with Gasteiger partial charge < -0.3 is 14.9 Å². The van der Waals surface area contributed by atoms with E-state index in [1.54, 1.807) is 30.3 Å². The minimum absolute atomic E-state index is 0.0919. The van der Waals surface area contributed by atoms with Gasteiger partial charge in [0.25, 0.3) is 5.91 Å². The Kier molecular flexibility index (Phi) is 3.91. The van der Waals surface area contributed by atoms with Gasteiger partial charge in [0.2, 0.25) is 0 Å². The number of aromatic nitrogens is 1. The lowest BCUT2D eigenvalue weighted by Gasteiger charge is -2.04. The molecule has 0 atom stereocenters. The smallest absolute Gasteiger partial charge is 0.303 e. The molecule has 114 valence electrons. The average molecular weight is 300 g/mol. The van der Waals surface area contributed by atoms with E-state index in [2.05, 4.69) is 10.5 Å². The predicted molar refractivity (Wildman–Crippen MR) is 78.8 cm³/mol. The van der Waals surface area contributed by atoms with Crippen LogP contribution in [0.3, 0.4) is 0 Å². The lowest BCUT2D eigenvalue weighted by atomic mass is 10.1. The number of nitrogens with one attached hydrogen (secondary N) is 1. The zero-order valence-corrected chi connectivity index (χ0v) is 11.9. The van der Waals surface area contributed by atoms with Crippen molar-refractivity contribution < 1.29 is 19.2 Å². The van der Waals surface area contributed by atoms with Crippen LogP contribution in [0.2, 0.25) is 0 Å². The number of benzene rings is 1.